The summed E-state index contributed by atoms with van der Waals surface area (Å²) in [5, 5.41) is 11.0. The number of nitrogens with one attached hydrogen (secondary N) is 2. The van der Waals surface area contributed by atoms with Crippen molar-refractivity contribution in [1.29, 1.82) is 0 Å². The number of carbonyl (C=O) groups is 1. The van der Waals surface area contributed by atoms with Crippen LogP contribution in [-0.2, 0) is 0 Å². The highest BCUT2D eigenvalue weighted by Gasteiger charge is 2.13. The molecule has 8 heteroatoms. The minimum Gasteiger partial charge on any atom is -0.340 e. The number of aryl methyl sites for hydroxylation is 3. The van der Waals surface area contributed by atoms with Gasteiger partial charge >= 0.3 is 0 Å². The molecule has 5 aromatic rings. The molecule has 2 aromatic carbocycles. The second-order valence-electron chi connectivity index (χ2n) is 8.15. The van der Waals surface area contributed by atoms with Crippen LogP contribution in [0.25, 0.3) is 17.2 Å². The van der Waals surface area contributed by atoms with Gasteiger partial charge < -0.3 is 10.6 Å². The Morgan fingerprint density at radius 2 is 1.82 bits per heavy atom. The van der Waals surface area contributed by atoms with Gasteiger partial charge in [-0.3, -0.25) is 9.78 Å². The van der Waals surface area contributed by atoms with E-state index in [-0.39, 0.29) is 5.91 Å². The van der Waals surface area contributed by atoms with Crippen LogP contribution in [0.1, 0.15) is 27.2 Å². The van der Waals surface area contributed by atoms with Crippen molar-refractivity contribution in [1.82, 2.24) is 24.6 Å². The van der Waals surface area contributed by atoms with Crippen molar-refractivity contribution in [3.05, 3.63) is 95.4 Å². The zero-order valence-electron chi connectivity index (χ0n) is 19.1. The fourth-order valence-corrected chi connectivity index (χ4v) is 3.73. The summed E-state index contributed by atoms with van der Waals surface area (Å²) in [6.45, 7) is 5.91. The number of amides is 1. The fraction of sp³-hybridized carbons (Fsp3) is 0.115. The van der Waals surface area contributed by atoms with E-state index >= 15 is 0 Å². The predicted octanol–water partition coefficient (Wildman–Crippen LogP) is 5.11. The minimum absolute atomic E-state index is 0.175. The molecule has 0 unspecified atom stereocenters. The fourth-order valence-electron chi connectivity index (χ4n) is 3.73. The molecule has 5 rings (SSSR count). The molecule has 0 aliphatic heterocycles. The summed E-state index contributed by atoms with van der Waals surface area (Å²) in [5.74, 6) is 1.53. The molecule has 0 aliphatic rings. The number of pyridine rings is 1. The Hall–Kier alpha value is -4.59. The lowest BCUT2D eigenvalue weighted by Crippen LogP contribution is -2.13. The molecule has 3 aromatic heterocycles. The molecule has 0 aliphatic carbocycles. The van der Waals surface area contributed by atoms with Crippen molar-refractivity contribution < 1.29 is 4.79 Å². The van der Waals surface area contributed by atoms with Crippen molar-refractivity contribution >= 4 is 28.9 Å². The monoisotopic (exact) mass is 449 g/mol. The first-order chi connectivity index (χ1) is 16.5. The normalized spacial score (nSPS) is 10.9. The largest absolute Gasteiger partial charge is 0.340 e. The summed E-state index contributed by atoms with van der Waals surface area (Å²) < 4.78 is 1.65. The lowest BCUT2D eigenvalue weighted by molar-refractivity contribution is 0.102. The van der Waals surface area contributed by atoms with Gasteiger partial charge in [0.15, 0.2) is 5.82 Å². The lowest BCUT2D eigenvalue weighted by atomic mass is 10.1. The smallest absolute Gasteiger partial charge is 0.255 e. The van der Waals surface area contributed by atoms with Crippen LogP contribution in [0, 0.1) is 20.8 Å². The average Bonchev–Trinajstić information content (AvgIpc) is 3.26. The van der Waals surface area contributed by atoms with E-state index in [9.17, 15) is 4.79 Å². The molecule has 0 fully saturated rings. The topological polar surface area (TPSA) is 97.1 Å². The van der Waals surface area contributed by atoms with Gasteiger partial charge in [-0.1, -0.05) is 23.8 Å². The molecule has 2 N–H and O–H groups in total. The summed E-state index contributed by atoms with van der Waals surface area (Å²) in [6.07, 6.45) is 3.42. The van der Waals surface area contributed by atoms with Gasteiger partial charge in [-0.25, -0.2) is 4.98 Å². The molecular formula is C26H23N7O. The second kappa shape index (κ2) is 8.74. The number of fused-ring (bicyclic) bond motifs is 1. The first-order valence-electron chi connectivity index (χ1n) is 10.9. The highest BCUT2D eigenvalue weighted by atomic mass is 16.1. The number of hydrogen-bond acceptors (Lipinski definition) is 6. The van der Waals surface area contributed by atoms with Gasteiger partial charge in [-0.05, 0) is 62.7 Å². The highest BCUT2D eigenvalue weighted by Crippen LogP contribution is 2.23. The van der Waals surface area contributed by atoms with Crippen LogP contribution in [0.4, 0.5) is 17.2 Å². The third-order valence-corrected chi connectivity index (χ3v) is 5.39. The number of benzene rings is 2. The van der Waals surface area contributed by atoms with Gasteiger partial charge in [0.2, 0.25) is 0 Å². The van der Waals surface area contributed by atoms with Crippen LogP contribution in [0.3, 0.4) is 0 Å². The van der Waals surface area contributed by atoms with Gasteiger partial charge in [0.1, 0.15) is 5.82 Å². The zero-order chi connectivity index (χ0) is 23.7. The van der Waals surface area contributed by atoms with Crippen LogP contribution >= 0.6 is 0 Å². The maximum absolute atomic E-state index is 12.9. The van der Waals surface area contributed by atoms with Crippen molar-refractivity contribution in [2.24, 2.45) is 0 Å². The van der Waals surface area contributed by atoms with Crippen molar-refractivity contribution in [2.75, 3.05) is 10.6 Å². The van der Waals surface area contributed by atoms with Crippen molar-refractivity contribution in [3.8, 4) is 11.4 Å². The van der Waals surface area contributed by atoms with E-state index < -0.39 is 0 Å². The van der Waals surface area contributed by atoms with Gasteiger partial charge in [-0.15, -0.1) is 5.10 Å². The van der Waals surface area contributed by atoms with E-state index in [0.29, 0.717) is 23.0 Å². The maximum Gasteiger partial charge on any atom is 0.255 e. The summed E-state index contributed by atoms with van der Waals surface area (Å²) in [5.41, 5.74) is 5.87. The van der Waals surface area contributed by atoms with Crippen LogP contribution in [-0.4, -0.2) is 30.5 Å². The molecule has 3 heterocycles. The maximum atomic E-state index is 12.9. The molecule has 0 spiro atoms. The van der Waals surface area contributed by atoms with Crippen molar-refractivity contribution in [3.63, 3.8) is 0 Å². The highest BCUT2D eigenvalue weighted by molar-refractivity contribution is 6.05. The zero-order valence-corrected chi connectivity index (χ0v) is 19.1. The van der Waals surface area contributed by atoms with E-state index in [1.807, 2.05) is 69.3 Å². The standard InChI is InChI=1S/C26H23N7O/c1-16-9-10-22(17(2)12-16)30-25(34)19-6-4-8-21(14-19)29-23-13-18(3)28-26-31-24(32-33(23)26)20-7-5-11-27-15-20/h4-15,29H,1-3H3,(H,30,34). The Morgan fingerprint density at radius 3 is 2.62 bits per heavy atom. The summed E-state index contributed by atoms with van der Waals surface area (Å²) >= 11 is 0. The van der Waals surface area contributed by atoms with Gasteiger partial charge in [-0.2, -0.15) is 9.50 Å². The van der Waals surface area contributed by atoms with E-state index in [1.165, 1.54) is 0 Å². The molecule has 1 amide bonds. The number of anilines is 3. The Labute approximate surface area is 196 Å². The Morgan fingerprint density at radius 1 is 0.941 bits per heavy atom. The minimum atomic E-state index is -0.175. The first kappa shape index (κ1) is 21.3. The molecule has 34 heavy (non-hydrogen) atoms. The SMILES string of the molecule is Cc1ccc(NC(=O)c2cccc(Nc3cc(C)nc4nc(-c5cccnc5)nn34)c2)c(C)c1. The molecule has 168 valence electrons. The Bertz CT molecular complexity index is 1510. The molecule has 0 atom stereocenters. The summed E-state index contributed by atoms with van der Waals surface area (Å²) in [7, 11) is 0. The van der Waals surface area contributed by atoms with Crippen LogP contribution in [0.15, 0.2) is 73.1 Å². The number of nitrogens with zero attached hydrogens (tertiary/aromatic N) is 5. The third-order valence-electron chi connectivity index (χ3n) is 5.39. The molecule has 0 saturated carbocycles. The number of carbonyl (C=O) groups excluding carboxylic acids is 1. The molecule has 0 saturated heterocycles. The van der Waals surface area contributed by atoms with E-state index in [0.717, 1.165) is 33.8 Å². The third kappa shape index (κ3) is 4.33. The Balaban J connectivity index is 1.43. The summed E-state index contributed by atoms with van der Waals surface area (Å²) in [4.78, 5) is 26.1. The molecular weight excluding hydrogens is 426 g/mol. The van der Waals surface area contributed by atoms with Gasteiger partial charge in [0, 0.05) is 46.7 Å². The second-order valence-corrected chi connectivity index (χ2v) is 8.15. The number of hydrogen-bond donors (Lipinski definition) is 2. The quantitative estimate of drug-likeness (QED) is 0.387. The molecule has 0 bridgehead atoms. The first-order valence-corrected chi connectivity index (χ1v) is 10.9. The summed E-state index contributed by atoms with van der Waals surface area (Å²) in [6, 6.07) is 18.9. The van der Waals surface area contributed by atoms with Crippen LogP contribution in [0.5, 0.6) is 0 Å². The van der Waals surface area contributed by atoms with Gasteiger partial charge in [0.25, 0.3) is 11.7 Å². The molecule has 0 radical (unpaired) electrons. The lowest BCUT2D eigenvalue weighted by Gasteiger charge is -2.12. The van der Waals surface area contributed by atoms with E-state index in [1.54, 1.807) is 29.0 Å². The predicted molar refractivity (Wildman–Crippen MR) is 132 cm³/mol. The van der Waals surface area contributed by atoms with Crippen LogP contribution in [0.2, 0.25) is 0 Å². The number of rotatable bonds is 5. The van der Waals surface area contributed by atoms with Crippen LogP contribution < -0.4 is 10.6 Å². The van der Waals surface area contributed by atoms with E-state index in [4.69, 9.17) is 0 Å². The number of aromatic nitrogens is 5. The Kier molecular flexibility index (Phi) is 5.47. The van der Waals surface area contributed by atoms with E-state index in [2.05, 4.69) is 30.7 Å². The van der Waals surface area contributed by atoms with Gasteiger partial charge in [0.05, 0.1) is 0 Å². The molecule has 8 nitrogen and oxygen atoms in total. The van der Waals surface area contributed by atoms with Crippen molar-refractivity contribution in [2.45, 2.75) is 20.8 Å². The average molecular weight is 450 g/mol.